The molecule has 1 heterocycles. The van der Waals surface area contributed by atoms with Gasteiger partial charge in [0.05, 0.1) is 23.2 Å². The number of halogens is 4. The molecule has 0 aliphatic carbocycles. The second-order valence-electron chi connectivity index (χ2n) is 5.75. The second kappa shape index (κ2) is 7.42. The van der Waals surface area contributed by atoms with E-state index in [0.29, 0.717) is 5.56 Å². The van der Waals surface area contributed by atoms with Gasteiger partial charge in [0.1, 0.15) is 0 Å². The summed E-state index contributed by atoms with van der Waals surface area (Å²) in [6.45, 7) is -0.529. The van der Waals surface area contributed by atoms with Crippen LogP contribution in [0.15, 0.2) is 24.3 Å². The number of sulfonamides is 1. The third-order valence-electron chi connectivity index (χ3n) is 3.99. The van der Waals surface area contributed by atoms with Crippen LogP contribution in [0.1, 0.15) is 23.7 Å². The van der Waals surface area contributed by atoms with E-state index in [9.17, 15) is 30.0 Å². The van der Waals surface area contributed by atoms with E-state index in [4.69, 9.17) is 11.6 Å². The SMILES string of the molecule is O=S1(=O)CCN(S(=O)(=O)CCC(F)(F)F)CCC1c1ccccc1Cl. The van der Waals surface area contributed by atoms with Crippen LogP contribution in [0, 0.1) is 0 Å². The van der Waals surface area contributed by atoms with Crippen molar-refractivity contribution in [2.24, 2.45) is 0 Å². The minimum Gasteiger partial charge on any atom is -0.228 e. The maximum atomic E-state index is 12.5. The van der Waals surface area contributed by atoms with E-state index >= 15 is 0 Å². The maximum absolute atomic E-state index is 12.5. The molecule has 0 spiro atoms. The van der Waals surface area contributed by atoms with E-state index in [0.717, 1.165) is 4.31 Å². The number of nitrogens with zero attached hydrogens (tertiary/aromatic N) is 1. The first-order chi connectivity index (χ1) is 11.4. The largest absolute Gasteiger partial charge is 0.390 e. The zero-order chi connectivity index (χ0) is 18.9. The van der Waals surface area contributed by atoms with Gasteiger partial charge in [0, 0.05) is 18.1 Å². The Morgan fingerprint density at radius 3 is 2.44 bits per heavy atom. The molecule has 0 aromatic heterocycles. The van der Waals surface area contributed by atoms with Crippen LogP contribution < -0.4 is 0 Å². The monoisotopic (exact) mass is 419 g/mol. The Hall–Kier alpha value is -0.840. The van der Waals surface area contributed by atoms with Gasteiger partial charge in [-0.05, 0) is 18.1 Å². The average molecular weight is 420 g/mol. The Morgan fingerprint density at radius 2 is 1.84 bits per heavy atom. The molecular formula is C14H17ClF3NO4S2. The summed E-state index contributed by atoms with van der Waals surface area (Å²) in [5, 5.41) is -0.728. The van der Waals surface area contributed by atoms with Crippen LogP contribution >= 0.6 is 11.6 Å². The number of hydrogen-bond acceptors (Lipinski definition) is 4. The molecule has 1 atom stereocenters. The molecule has 0 radical (unpaired) electrons. The smallest absolute Gasteiger partial charge is 0.228 e. The molecule has 5 nitrogen and oxygen atoms in total. The maximum Gasteiger partial charge on any atom is 0.390 e. The fourth-order valence-corrected chi connectivity index (χ4v) is 6.43. The minimum atomic E-state index is -4.59. The fraction of sp³-hybridized carbons (Fsp3) is 0.571. The summed E-state index contributed by atoms with van der Waals surface area (Å²) in [5.74, 6) is -1.55. The molecule has 1 aromatic rings. The van der Waals surface area contributed by atoms with Gasteiger partial charge in [0.25, 0.3) is 0 Å². The third-order valence-corrected chi connectivity index (χ3v) is 8.31. The van der Waals surface area contributed by atoms with Gasteiger partial charge in [-0.25, -0.2) is 21.1 Å². The van der Waals surface area contributed by atoms with Crippen molar-refractivity contribution in [1.82, 2.24) is 4.31 Å². The van der Waals surface area contributed by atoms with Crippen molar-refractivity contribution in [2.75, 3.05) is 24.6 Å². The number of alkyl halides is 3. The molecule has 1 unspecified atom stereocenters. The first-order valence-electron chi connectivity index (χ1n) is 7.43. The van der Waals surface area contributed by atoms with Gasteiger partial charge in [-0.3, -0.25) is 0 Å². The van der Waals surface area contributed by atoms with Crippen molar-refractivity contribution >= 4 is 31.5 Å². The van der Waals surface area contributed by atoms with Crippen molar-refractivity contribution in [3.63, 3.8) is 0 Å². The van der Waals surface area contributed by atoms with Gasteiger partial charge in [0.2, 0.25) is 10.0 Å². The lowest BCUT2D eigenvalue weighted by molar-refractivity contribution is -0.130. The number of sulfone groups is 1. The van der Waals surface area contributed by atoms with E-state index in [1.807, 2.05) is 0 Å². The highest BCUT2D eigenvalue weighted by atomic mass is 35.5. The van der Waals surface area contributed by atoms with Crippen LogP contribution in [0.3, 0.4) is 0 Å². The molecule has 11 heteroatoms. The Bertz CT molecular complexity index is 825. The lowest BCUT2D eigenvalue weighted by atomic mass is 10.1. The second-order valence-corrected chi connectivity index (χ2v) is 10.5. The average Bonchev–Trinajstić information content (AvgIpc) is 2.64. The van der Waals surface area contributed by atoms with Crippen LogP contribution in [0.4, 0.5) is 13.2 Å². The standard InChI is InChI=1S/C14H17ClF3NO4S2/c15-12-4-2-1-3-11(12)13-5-7-19(8-10-24(13,20)21)25(22,23)9-6-14(16,17)18/h1-4,13H,5-10H2. The third kappa shape index (κ3) is 5.32. The van der Waals surface area contributed by atoms with Crippen LogP contribution in [0.5, 0.6) is 0 Å². The number of hydrogen-bond donors (Lipinski definition) is 0. The predicted molar refractivity (Wildman–Crippen MR) is 88.6 cm³/mol. The molecule has 1 aliphatic rings. The molecule has 0 amide bonds. The molecule has 142 valence electrons. The zero-order valence-corrected chi connectivity index (χ0v) is 15.4. The van der Waals surface area contributed by atoms with Crippen LogP contribution in [-0.2, 0) is 19.9 Å². The Kier molecular flexibility index (Phi) is 6.07. The van der Waals surface area contributed by atoms with E-state index < -0.39 is 49.2 Å². The van der Waals surface area contributed by atoms with E-state index in [1.54, 1.807) is 18.2 Å². The van der Waals surface area contributed by atoms with Crippen molar-refractivity contribution in [2.45, 2.75) is 24.3 Å². The molecule has 1 saturated heterocycles. The first-order valence-corrected chi connectivity index (χ1v) is 11.1. The molecule has 2 rings (SSSR count). The van der Waals surface area contributed by atoms with Crippen LogP contribution in [0.2, 0.25) is 5.02 Å². The van der Waals surface area contributed by atoms with Crippen LogP contribution in [0.25, 0.3) is 0 Å². The van der Waals surface area contributed by atoms with Gasteiger partial charge in [0.15, 0.2) is 9.84 Å². The van der Waals surface area contributed by atoms with Crippen molar-refractivity contribution < 1.29 is 30.0 Å². The minimum absolute atomic E-state index is 0.0582. The molecule has 1 fully saturated rings. The van der Waals surface area contributed by atoms with Crippen molar-refractivity contribution in [3.8, 4) is 0 Å². The van der Waals surface area contributed by atoms with Gasteiger partial charge < -0.3 is 0 Å². The summed E-state index contributed by atoms with van der Waals surface area (Å²) < 4.78 is 86.9. The topological polar surface area (TPSA) is 71.5 Å². The molecular weight excluding hydrogens is 403 g/mol. The highest BCUT2D eigenvalue weighted by Crippen LogP contribution is 2.34. The van der Waals surface area contributed by atoms with Crippen molar-refractivity contribution in [1.29, 1.82) is 0 Å². The van der Waals surface area contributed by atoms with Gasteiger partial charge >= 0.3 is 6.18 Å². The Morgan fingerprint density at radius 1 is 1.20 bits per heavy atom. The normalized spacial score (nSPS) is 22.5. The highest BCUT2D eigenvalue weighted by molar-refractivity contribution is 7.92. The van der Waals surface area contributed by atoms with Crippen molar-refractivity contribution in [3.05, 3.63) is 34.9 Å². The van der Waals surface area contributed by atoms with Gasteiger partial charge in [-0.15, -0.1) is 0 Å². The zero-order valence-electron chi connectivity index (χ0n) is 13.0. The molecule has 0 bridgehead atoms. The van der Waals surface area contributed by atoms with E-state index in [1.165, 1.54) is 6.07 Å². The highest BCUT2D eigenvalue weighted by Gasteiger charge is 2.37. The van der Waals surface area contributed by atoms with E-state index in [2.05, 4.69) is 0 Å². The lowest BCUT2D eigenvalue weighted by Crippen LogP contribution is -2.36. The summed E-state index contributed by atoms with van der Waals surface area (Å²) in [4.78, 5) is 0. The van der Waals surface area contributed by atoms with E-state index in [-0.39, 0.29) is 24.5 Å². The Balaban J connectivity index is 2.21. The Labute approximate surface area is 149 Å². The number of rotatable bonds is 4. The summed E-state index contributed by atoms with van der Waals surface area (Å²) in [6.07, 6.45) is -6.12. The summed E-state index contributed by atoms with van der Waals surface area (Å²) in [7, 11) is -7.87. The van der Waals surface area contributed by atoms with Crippen LogP contribution in [-0.4, -0.2) is 51.9 Å². The molecule has 1 aromatic carbocycles. The first kappa shape index (κ1) is 20.5. The van der Waals surface area contributed by atoms with Gasteiger partial charge in [-0.2, -0.15) is 13.2 Å². The summed E-state index contributed by atoms with van der Waals surface area (Å²) in [6, 6.07) is 6.36. The fourth-order valence-electron chi connectivity index (χ4n) is 2.66. The predicted octanol–water partition coefficient (Wildman–Crippen LogP) is 2.78. The number of benzene rings is 1. The molecule has 25 heavy (non-hydrogen) atoms. The lowest BCUT2D eigenvalue weighted by Gasteiger charge is -2.20. The molecule has 0 saturated carbocycles. The summed E-state index contributed by atoms with van der Waals surface area (Å²) in [5.41, 5.74) is 0.374. The molecule has 1 aliphatic heterocycles. The molecule has 0 N–H and O–H groups in total. The summed E-state index contributed by atoms with van der Waals surface area (Å²) >= 11 is 6.04. The quantitative estimate of drug-likeness (QED) is 0.752. The van der Waals surface area contributed by atoms with Gasteiger partial charge in [-0.1, -0.05) is 29.8 Å².